The summed E-state index contributed by atoms with van der Waals surface area (Å²) < 4.78 is 49.5. The highest BCUT2D eigenvalue weighted by molar-refractivity contribution is 7.92. The molecule has 0 fully saturated rings. The zero-order valence-corrected chi connectivity index (χ0v) is 21.7. The number of anilines is 1. The lowest BCUT2D eigenvalue weighted by Gasteiger charge is -2.27. The SMILES string of the molecule is COc1ccc(CN(C)C(=O)CN(c2ccc(OC)c(OC)c2)S(=O)(=O)c2ccccc2)cc1OC. The van der Waals surface area contributed by atoms with Gasteiger partial charge in [-0.1, -0.05) is 24.3 Å². The second kappa shape index (κ2) is 11.7. The second-order valence-electron chi connectivity index (χ2n) is 7.80. The molecule has 0 radical (unpaired) electrons. The van der Waals surface area contributed by atoms with Gasteiger partial charge in [0.05, 0.1) is 39.0 Å². The number of hydrogen-bond acceptors (Lipinski definition) is 7. The second-order valence-corrected chi connectivity index (χ2v) is 9.67. The van der Waals surface area contributed by atoms with Crippen LogP contribution in [-0.4, -0.2) is 61.3 Å². The number of carbonyl (C=O) groups excluding carboxylic acids is 1. The van der Waals surface area contributed by atoms with Gasteiger partial charge >= 0.3 is 0 Å². The van der Waals surface area contributed by atoms with Crippen LogP contribution in [0.5, 0.6) is 23.0 Å². The maximum Gasteiger partial charge on any atom is 0.264 e. The largest absolute Gasteiger partial charge is 0.493 e. The van der Waals surface area contributed by atoms with Crippen molar-refractivity contribution >= 4 is 21.6 Å². The summed E-state index contributed by atoms with van der Waals surface area (Å²) in [5.74, 6) is 1.49. The number of amides is 1. The maximum atomic E-state index is 13.6. The van der Waals surface area contributed by atoms with Crippen LogP contribution in [0.15, 0.2) is 71.6 Å². The zero-order valence-electron chi connectivity index (χ0n) is 20.9. The Bertz CT molecular complexity index is 1300. The van der Waals surface area contributed by atoms with Crippen LogP contribution < -0.4 is 23.3 Å². The predicted molar refractivity (Wildman–Crippen MR) is 137 cm³/mol. The summed E-state index contributed by atoms with van der Waals surface area (Å²) in [6, 6.07) is 18.0. The van der Waals surface area contributed by atoms with E-state index >= 15 is 0 Å². The van der Waals surface area contributed by atoms with Crippen LogP contribution in [0.3, 0.4) is 0 Å². The highest BCUT2D eigenvalue weighted by atomic mass is 32.2. The number of rotatable bonds is 11. The minimum atomic E-state index is -4.07. The van der Waals surface area contributed by atoms with Gasteiger partial charge < -0.3 is 23.8 Å². The number of methoxy groups -OCH3 is 4. The standard InChI is InChI=1S/C26H30N2O7S/c1-27(17-19-11-13-22(32-2)24(15-19)34-4)26(29)18-28(36(30,31)21-9-7-6-8-10-21)20-12-14-23(33-3)25(16-20)35-5/h6-16H,17-18H2,1-5H3. The van der Waals surface area contributed by atoms with Crippen molar-refractivity contribution in [1.82, 2.24) is 4.90 Å². The molecule has 0 aliphatic carbocycles. The molecular formula is C26H30N2O7S. The third-order valence-corrected chi connectivity index (χ3v) is 7.35. The van der Waals surface area contributed by atoms with Gasteiger partial charge in [0.15, 0.2) is 23.0 Å². The summed E-state index contributed by atoms with van der Waals surface area (Å²) in [6.45, 7) is -0.180. The van der Waals surface area contributed by atoms with Crippen molar-refractivity contribution in [3.8, 4) is 23.0 Å². The summed E-state index contributed by atoms with van der Waals surface area (Å²) in [6.07, 6.45) is 0. The highest BCUT2D eigenvalue weighted by Gasteiger charge is 2.29. The molecule has 0 spiro atoms. The molecular weight excluding hydrogens is 484 g/mol. The molecule has 10 heteroatoms. The Labute approximate surface area is 211 Å². The van der Waals surface area contributed by atoms with Gasteiger partial charge in [-0.25, -0.2) is 8.42 Å². The Morgan fingerprint density at radius 1 is 0.750 bits per heavy atom. The molecule has 0 saturated carbocycles. The Morgan fingerprint density at radius 2 is 1.31 bits per heavy atom. The molecule has 3 aromatic carbocycles. The van der Waals surface area contributed by atoms with E-state index in [1.165, 1.54) is 44.4 Å². The summed E-state index contributed by atoms with van der Waals surface area (Å²) in [5, 5.41) is 0. The number of ether oxygens (including phenoxy) is 4. The Hall–Kier alpha value is -3.92. The van der Waals surface area contributed by atoms with Gasteiger partial charge in [-0.3, -0.25) is 9.10 Å². The van der Waals surface area contributed by atoms with Gasteiger partial charge in [-0.2, -0.15) is 0 Å². The zero-order chi connectivity index (χ0) is 26.3. The molecule has 3 rings (SSSR count). The third kappa shape index (κ3) is 5.83. The molecule has 0 atom stereocenters. The molecule has 36 heavy (non-hydrogen) atoms. The minimum Gasteiger partial charge on any atom is -0.493 e. The number of carbonyl (C=O) groups is 1. The molecule has 9 nitrogen and oxygen atoms in total. The summed E-state index contributed by atoms with van der Waals surface area (Å²) in [4.78, 5) is 14.8. The topological polar surface area (TPSA) is 94.6 Å². The van der Waals surface area contributed by atoms with E-state index in [9.17, 15) is 13.2 Å². The highest BCUT2D eigenvalue weighted by Crippen LogP contribution is 2.34. The van der Waals surface area contributed by atoms with E-state index in [-0.39, 0.29) is 17.1 Å². The molecule has 0 saturated heterocycles. The van der Waals surface area contributed by atoms with E-state index < -0.39 is 22.5 Å². The van der Waals surface area contributed by atoms with E-state index in [1.807, 2.05) is 6.07 Å². The molecule has 0 aromatic heterocycles. The fourth-order valence-corrected chi connectivity index (χ4v) is 5.03. The van der Waals surface area contributed by atoms with Crippen molar-refractivity contribution < 1.29 is 32.2 Å². The first-order chi connectivity index (χ1) is 17.2. The van der Waals surface area contributed by atoms with Crippen molar-refractivity contribution in [2.24, 2.45) is 0 Å². The van der Waals surface area contributed by atoms with Gasteiger partial charge in [-0.05, 0) is 42.0 Å². The Balaban J connectivity index is 1.93. The normalized spacial score (nSPS) is 10.9. The van der Waals surface area contributed by atoms with Crippen LogP contribution >= 0.6 is 0 Å². The van der Waals surface area contributed by atoms with Crippen LogP contribution in [0.2, 0.25) is 0 Å². The fourth-order valence-electron chi connectivity index (χ4n) is 3.60. The molecule has 0 bridgehead atoms. The monoisotopic (exact) mass is 514 g/mol. The lowest BCUT2D eigenvalue weighted by molar-refractivity contribution is -0.128. The van der Waals surface area contributed by atoms with Gasteiger partial charge in [0.1, 0.15) is 6.54 Å². The molecule has 192 valence electrons. The van der Waals surface area contributed by atoms with Crippen LogP contribution in [-0.2, 0) is 21.4 Å². The van der Waals surface area contributed by atoms with Gasteiger partial charge in [0, 0.05) is 19.7 Å². The van der Waals surface area contributed by atoms with Crippen LogP contribution in [0.25, 0.3) is 0 Å². The smallest absolute Gasteiger partial charge is 0.264 e. The Morgan fingerprint density at radius 3 is 1.89 bits per heavy atom. The third-order valence-electron chi connectivity index (χ3n) is 5.56. The van der Waals surface area contributed by atoms with E-state index in [0.717, 1.165) is 9.87 Å². The lowest BCUT2D eigenvalue weighted by atomic mass is 10.2. The summed E-state index contributed by atoms with van der Waals surface area (Å²) in [7, 11) is 3.57. The molecule has 0 heterocycles. The quantitative estimate of drug-likeness (QED) is 0.386. The number of sulfonamides is 1. The first-order valence-corrected chi connectivity index (χ1v) is 12.4. The first-order valence-electron chi connectivity index (χ1n) is 11.0. The van der Waals surface area contributed by atoms with Crippen molar-refractivity contribution in [1.29, 1.82) is 0 Å². The minimum absolute atomic E-state index is 0.0649. The average Bonchev–Trinajstić information content (AvgIpc) is 2.91. The van der Waals surface area contributed by atoms with Crippen molar-refractivity contribution in [2.75, 3.05) is 46.3 Å². The van der Waals surface area contributed by atoms with Crippen LogP contribution in [0.4, 0.5) is 5.69 Å². The number of benzene rings is 3. The fraction of sp³-hybridized carbons (Fsp3) is 0.269. The number of nitrogens with zero attached hydrogens (tertiary/aromatic N) is 2. The molecule has 0 aliphatic heterocycles. The first kappa shape index (κ1) is 26.7. The van der Waals surface area contributed by atoms with Crippen molar-refractivity contribution in [2.45, 2.75) is 11.4 Å². The molecule has 3 aromatic rings. The predicted octanol–water partition coefficient (Wildman–Crippen LogP) is 3.57. The van der Waals surface area contributed by atoms with Crippen molar-refractivity contribution in [3.63, 3.8) is 0 Å². The van der Waals surface area contributed by atoms with E-state index in [1.54, 1.807) is 56.6 Å². The molecule has 0 N–H and O–H groups in total. The molecule has 0 aliphatic rings. The van der Waals surface area contributed by atoms with E-state index in [0.29, 0.717) is 23.0 Å². The van der Waals surface area contributed by atoms with Crippen LogP contribution in [0.1, 0.15) is 5.56 Å². The number of likely N-dealkylation sites (N-methyl/N-ethyl adjacent to an activating group) is 1. The molecule has 0 unspecified atom stereocenters. The summed E-state index contributed by atoms with van der Waals surface area (Å²) >= 11 is 0. The molecule has 1 amide bonds. The summed E-state index contributed by atoms with van der Waals surface area (Å²) in [5.41, 5.74) is 1.07. The van der Waals surface area contributed by atoms with Gasteiger partial charge in [-0.15, -0.1) is 0 Å². The van der Waals surface area contributed by atoms with E-state index in [4.69, 9.17) is 18.9 Å². The number of hydrogen-bond donors (Lipinski definition) is 0. The van der Waals surface area contributed by atoms with Crippen LogP contribution in [0, 0.1) is 0 Å². The Kier molecular flexibility index (Phi) is 8.65. The van der Waals surface area contributed by atoms with Gasteiger partial charge in [0.2, 0.25) is 5.91 Å². The average molecular weight is 515 g/mol. The van der Waals surface area contributed by atoms with E-state index in [2.05, 4.69) is 0 Å². The lowest BCUT2D eigenvalue weighted by Crippen LogP contribution is -2.41. The maximum absolute atomic E-state index is 13.6. The van der Waals surface area contributed by atoms with Crippen molar-refractivity contribution in [3.05, 3.63) is 72.3 Å². The van der Waals surface area contributed by atoms with Gasteiger partial charge in [0.25, 0.3) is 10.0 Å².